The van der Waals surface area contributed by atoms with Crippen LogP contribution in [0.15, 0.2) is 30.3 Å². The van der Waals surface area contributed by atoms with E-state index in [0.717, 1.165) is 11.1 Å². The number of nitrogen functional groups attached to an aromatic ring is 1. The van der Waals surface area contributed by atoms with Gasteiger partial charge in [-0.15, -0.1) is 0 Å². The molecule has 0 amide bonds. The minimum absolute atomic E-state index is 0.106. The highest BCUT2D eigenvalue weighted by Gasteiger charge is 2.07. The fraction of sp³-hybridized carbons (Fsp3) is 0.200. The van der Waals surface area contributed by atoms with E-state index in [4.69, 9.17) is 22.1 Å². The normalized spacial score (nSPS) is 10.5. The lowest BCUT2D eigenvalue weighted by Crippen LogP contribution is -2.01. The lowest BCUT2D eigenvalue weighted by molar-refractivity contribution is 0.305. The van der Waals surface area contributed by atoms with Crippen molar-refractivity contribution < 1.29 is 9.13 Å². The van der Waals surface area contributed by atoms with E-state index >= 15 is 0 Å². The van der Waals surface area contributed by atoms with Crippen LogP contribution in [0, 0.1) is 19.7 Å². The van der Waals surface area contributed by atoms with Crippen LogP contribution < -0.4 is 10.5 Å². The first-order valence-electron chi connectivity index (χ1n) is 5.91. The van der Waals surface area contributed by atoms with E-state index in [2.05, 4.69) is 0 Å². The highest BCUT2D eigenvalue weighted by molar-refractivity contribution is 6.30. The van der Waals surface area contributed by atoms with Gasteiger partial charge in [0.25, 0.3) is 0 Å². The van der Waals surface area contributed by atoms with Gasteiger partial charge in [-0.25, -0.2) is 4.39 Å². The number of rotatable bonds is 3. The zero-order chi connectivity index (χ0) is 14.0. The Morgan fingerprint density at radius 2 is 1.95 bits per heavy atom. The Morgan fingerprint density at radius 3 is 2.58 bits per heavy atom. The molecule has 0 aliphatic rings. The molecule has 0 aromatic heterocycles. The second kappa shape index (κ2) is 5.49. The van der Waals surface area contributed by atoms with Crippen LogP contribution in [0.3, 0.4) is 0 Å². The first-order chi connectivity index (χ1) is 8.97. The fourth-order valence-electron chi connectivity index (χ4n) is 1.97. The van der Waals surface area contributed by atoms with Gasteiger partial charge in [-0.05, 0) is 48.7 Å². The molecular weight excluding hydrogens is 265 g/mol. The Morgan fingerprint density at radius 1 is 1.21 bits per heavy atom. The largest absolute Gasteiger partial charge is 0.486 e. The molecule has 2 N–H and O–H groups in total. The summed E-state index contributed by atoms with van der Waals surface area (Å²) in [6.07, 6.45) is 0. The van der Waals surface area contributed by atoms with Crippen LogP contribution >= 0.6 is 11.6 Å². The molecule has 2 aromatic rings. The first-order valence-corrected chi connectivity index (χ1v) is 6.28. The smallest absolute Gasteiger partial charge is 0.145 e. The van der Waals surface area contributed by atoms with Crippen molar-refractivity contribution >= 4 is 17.3 Å². The Balaban J connectivity index is 2.16. The zero-order valence-corrected chi connectivity index (χ0v) is 11.6. The standard InChI is InChI=1S/C15H15ClFNO/c1-9-5-10(2)15(14(18)6-9)19-8-11-3-4-12(16)13(17)7-11/h3-7H,8,18H2,1-2H3. The molecule has 2 nitrogen and oxygen atoms in total. The van der Waals surface area contributed by atoms with Gasteiger partial charge in [0.05, 0.1) is 10.7 Å². The molecule has 2 rings (SSSR count). The second-order valence-corrected chi connectivity index (χ2v) is 4.94. The van der Waals surface area contributed by atoms with Crippen LogP contribution in [0.4, 0.5) is 10.1 Å². The summed E-state index contributed by atoms with van der Waals surface area (Å²) in [4.78, 5) is 0. The minimum Gasteiger partial charge on any atom is -0.486 e. The Kier molecular flexibility index (Phi) is 3.96. The maximum Gasteiger partial charge on any atom is 0.145 e. The lowest BCUT2D eigenvalue weighted by atomic mass is 10.1. The van der Waals surface area contributed by atoms with Crippen molar-refractivity contribution in [1.82, 2.24) is 0 Å². The van der Waals surface area contributed by atoms with Crippen molar-refractivity contribution in [2.24, 2.45) is 0 Å². The van der Waals surface area contributed by atoms with Crippen LogP contribution in [0.2, 0.25) is 5.02 Å². The number of nitrogens with two attached hydrogens (primary N) is 1. The molecule has 0 unspecified atom stereocenters. The summed E-state index contributed by atoms with van der Waals surface area (Å²) in [5.41, 5.74) is 9.27. The van der Waals surface area contributed by atoms with Gasteiger partial charge in [-0.3, -0.25) is 0 Å². The second-order valence-electron chi connectivity index (χ2n) is 4.54. The third-order valence-corrected chi connectivity index (χ3v) is 3.12. The molecule has 0 aliphatic carbocycles. The molecule has 0 heterocycles. The van der Waals surface area contributed by atoms with E-state index in [1.165, 1.54) is 12.1 Å². The van der Waals surface area contributed by atoms with Crippen molar-refractivity contribution in [2.75, 3.05) is 5.73 Å². The van der Waals surface area contributed by atoms with Gasteiger partial charge in [-0.1, -0.05) is 23.7 Å². The number of anilines is 1. The number of hydrogen-bond acceptors (Lipinski definition) is 2. The molecule has 0 bridgehead atoms. The van der Waals surface area contributed by atoms with Crippen LogP contribution in [-0.4, -0.2) is 0 Å². The number of hydrogen-bond donors (Lipinski definition) is 1. The SMILES string of the molecule is Cc1cc(C)c(OCc2ccc(Cl)c(F)c2)c(N)c1. The van der Waals surface area contributed by atoms with E-state index < -0.39 is 5.82 Å². The predicted molar refractivity (Wildman–Crippen MR) is 76.1 cm³/mol. The Labute approximate surface area is 117 Å². The first kappa shape index (κ1) is 13.7. The summed E-state index contributed by atoms with van der Waals surface area (Å²) >= 11 is 5.63. The average molecular weight is 280 g/mol. The zero-order valence-electron chi connectivity index (χ0n) is 10.8. The van der Waals surface area contributed by atoms with Gasteiger partial charge in [0.2, 0.25) is 0 Å². The van der Waals surface area contributed by atoms with E-state index in [1.807, 2.05) is 26.0 Å². The Bertz CT molecular complexity index is 590. The minimum atomic E-state index is -0.448. The van der Waals surface area contributed by atoms with Crippen LogP contribution in [0.25, 0.3) is 0 Å². The monoisotopic (exact) mass is 279 g/mol. The van der Waals surface area contributed by atoms with Crippen molar-refractivity contribution in [3.8, 4) is 5.75 Å². The van der Waals surface area contributed by atoms with E-state index in [9.17, 15) is 4.39 Å². The van der Waals surface area contributed by atoms with Crippen LogP contribution in [0.1, 0.15) is 16.7 Å². The topological polar surface area (TPSA) is 35.2 Å². The maximum atomic E-state index is 13.3. The number of aryl methyl sites for hydroxylation is 2. The number of ether oxygens (including phenoxy) is 1. The van der Waals surface area contributed by atoms with Gasteiger partial charge in [0.1, 0.15) is 18.2 Å². The molecule has 0 saturated heterocycles. The van der Waals surface area contributed by atoms with Gasteiger partial charge in [0.15, 0.2) is 0 Å². The predicted octanol–water partition coefficient (Wildman–Crippen LogP) is 4.26. The summed E-state index contributed by atoms with van der Waals surface area (Å²) in [7, 11) is 0. The Hall–Kier alpha value is -1.74. The molecule has 0 fully saturated rings. The summed E-state index contributed by atoms with van der Waals surface area (Å²) < 4.78 is 19.0. The molecule has 0 radical (unpaired) electrons. The van der Waals surface area contributed by atoms with Crippen LogP contribution in [0.5, 0.6) is 5.75 Å². The summed E-state index contributed by atoms with van der Waals surface area (Å²) in [6.45, 7) is 4.16. The third kappa shape index (κ3) is 3.18. The van der Waals surface area contributed by atoms with Crippen LogP contribution in [-0.2, 0) is 6.61 Å². The van der Waals surface area contributed by atoms with Crippen molar-refractivity contribution in [2.45, 2.75) is 20.5 Å². The summed E-state index contributed by atoms with van der Waals surface area (Å²) in [5.74, 6) is 0.192. The number of halogens is 2. The van der Waals surface area contributed by atoms with Crippen molar-refractivity contribution in [3.05, 3.63) is 57.9 Å². The van der Waals surface area contributed by atoms with Gasteiger partial charge < -0.3 is 10.5 Å². The third-order valence-electron chi connectivity index (χ3n) is 2.81. The summed E-state index contributed by atoms with van der Waals surface area (Å²) in [6, 6.07) is 8.45. The molecule has 0 saturated carbocycles. The molecule has 100 valence electrons. The molecular formula is C15H15ClFNO. The highest BCUT2D eigenvalue weighted by atomic mass is 35.5. The molecule has 0 spiro atoms. The molecule has 19 heavy (non-hydrogen) atoms. The van der Waals surface area contributed by atoms with Crippen molar-refractivity contribution in [1.29, 1.82) is 0 Å². The van der Waals surface area contributed by atoms with E-state index in [0.29, 0.717) is 17.0 Å². The van der Waals surface area contributed by atoms with Crippen molar-refractivity contribution in [3.63, 3.8) is 0 Å². The van der Waals surface area contributed by atoms with E-state index in [1.54, 1.807) is 6.07 Å². The fourth-order valence-corrected chi connectivity index (χ4v) is 2.09. The summed E-state index contributed by atoms with van der Waals surface area (Å²) in [5, 5.41) is 0.106. The molecule has 4 heteroatoms. The van der Waals surface area contributed by atoms with Gasteiger partial charge >= 0.3 is 0 Å². The van der Waals surface area contributed by atoms with E-state index in [-0.39, 0.29) is 11.6 Å². The lowest BCUT2D eigenvalue weighted by Gasteiger charge is -2.13. The molecule has 2 aromatic carbocycles. The molecule has 0 atom stereocenters. The number of benzene rings is 2. The highest BCUT2D eigenvalue weighted by Crippen LogP contribution is 2.28. The quantitative estimate of drug-likeness (QED) is 0.852. The average Bonchev–Trinajstić information content (AvgIpc) is 2.32. The molecule has 0 aliphatic heterocycles. The maximum absolute atomic E-state index is 13.3. The van der Waals surface area contributed by atoms with Gasteiger partial charge in [-0.2, -0.15) is 0 Å². The van der Waals surface area contributed by atoms with Gasteiger partial charge in [0, 0.05) is 0 Å².